The molecule has 0 fully saturated rings. The minimum Gasteiger partial charge on any atom is -0.455 e. The van der Waals surface area contributed by atoms with Gasteiger partial charge in [-0.2, -0.15) is 5.10 Å². The van der Waals surface area contributed by atoms with Crippen molar-refractivity contribution in [1.29, 1.82) is 0 Å². The van der Waals surface area contributed by atoms with E-state index in [1.807, 2.05) is 6.92 Å². The number of amides is 1. The first-order valence-electron chi connectivity index (χ1n) is 8.93. The van der Waals surface area contributed by atoms with Crippen LogP contribution in [0.1, 0.15) is 44.7 Å². The number of fused-ring (bicyclic) bond motifs is 4. The molecule has 0 radical (unpaired) electrons. The van der Waals surface area contributed by atoms with E-state index in [9.17, 15) is 9.59 Å². The second-order valence-electron chi connectivity index (χ2n) is 6.89. The standard InChI is InChI=1S/C20H17N3O5/c1-9-17-14(4-3-11-7-21-23-18(11)17)28-19(9)20(25)22-13-6-16-15(26-8-27-16)5-12(13)10(2)24/h5-7H,3-4,8H2,1-2H3,(H,21,23)(H,22,25). The summed E-state index contributed by atoms with van der Waals surface area (Å²) in [6.07, 6.45) is 3.32. The van der Waals surface area contributed by atoms with Crippen molar-refractivity contribution in [1.82, 2.24) is 10.2 Å². The average molecular weight is 379 g/mol. The molecule has 0 atom stereocenters. The van der Waals surface area contributed by atoms with E-state index >= 15 is 0 Å². The van der Waals surface area contributed by atoms with E-state index in [4.69, 9.17) is 13.9 Å². The summed E-state index contributed by atoms with van der Waals surface area (Å²) in [4.78, 5) is 25.0. The highest BCUT2D eigenvalue weighted by atomic mass is 16.7. The first-order chi connectivity index (χ1) is 13.5. The zero-order chi connectivity index (χ0) is 19.4. The number of rotatable bonds is 3. The number of hydrogen-bond donors (Lipinski definition) is 2. The van der Waals surface area contributed by atoms with Gasteiger partial charge in [0.1, 0.15) is 5.76 Å². The van der Waals surface area contributed by atoms with E-state index in [0.29, 0.717) is 29.2 Å². The molecule has 1 amide bonds. The van der Waals surface area contributed by atoms with E-state index in [-0.39, 0.29) is 18.3 Å². The number of carbonyl (C=O) groups excluding carboxylic acids is 2. The monoisotopic (exact) mass is 379 g/mol. The Hall–Kier alpha value is -3.55. The number of benzene rings is 1. The molecule has 2 aliphatic rings. The molecule has 28 heavy (non-hydrogen) atoms. The van der Waals surface area contributed by atoms with Crippen molar-refractivity contribution in [2.45, 2.75) is 26.7 Å². The highest BCUT2D eigenvalue weighted by Gasteiger charge is 2.29. The maximum absolute atomic E-state index is 13.0. The molecule has 2 aromatic heterocycles. The molecule has 3 heterocycles. The topological polar surface area (TPSA) is 106 Å². The molecule has 0 saturated carbocycles. The number of aromatic amines is 1. The Morgan fingerprint density at radius 2 is 1.96 bits per heavy atom. The molecule has 8 nitrogen and oxygen atoms in total. The van der Waals surface area contributed by atoms with Crippen LogP contribution in [0.3, 0.4) is 0 Å². The minimum absolute atomic E-state index is 0.0839. The van der Waals surface area contributed by atoms with Crippen molar-refractivity contribution in [2.75, 3.05) is 12.1 Å². The van der Waals surface area contributed by atoms with Gasteiger partial charge in [0.2, 0.25) is 6.79 Å². The van der Waals surface area contributed by atoms with Gasteiger partial charge < -0.3 is 19.2 Å². The number of anilines is 1. The van der Waals surface area contributed by atoms with Gasteiger partial charge in [-0.05, 0) is 31.9 Å². The van der Waals surface area contributed by atoms with Gasteiger partial charge >= 0.3 is 0 Å². The third-order valence-electron chi connectivity index (χ3n) is 5.16. The Kier molecular flexibility index (Phi) is 3.55. The van der Waals surface area contributed by atoms with Crippen LogP contribution in [0.2, 0.25) is 0 Å². The fourth-order valence-electron chi connectivity index (χ4n) is 3.77. The molecule has 1 aliphatic heterocycles. The average Bonchev–Trinajstić information content (AvgIpc) is 3.38. The summed E-state index contributed by atoms with van der Waals surface area (Å²) >= 11 is 0. The van der Waals surface area contributed by atoms with Gasteiger partial charge in [-0.15, -0.1) is 0 Å². The number of carbonyl (C=O) groups is 2. The molecule has 1 aliphatic carbocycles. The molecule has 0 saturated heterocycles. The molecule has 0 bridgehead atoms. The van der Waals surface area contributed by atoms with Crippen molar-refractivity contribution in [2.24, 2.45) is 0 Å². The quantitative estimate of drug-likeness (QED) is 0.677. The number of furan rings is 1. The summed E-state index contributed by atoms with van der Waals surface area (Å²) in [5, 5.41) is 9.88. The molecule has 5 rings (SSSR count). The smallest absolute Gasteiger partial charge is 0.291 e. The molecule has 3 aromatic rings. The first kappa shape index (κ1) is 16.6. The molecular formula is C20H17N3O5. The second-order valence-corrected chi connectivity index (χ2v) is 6.89. The molecule has 1 aromatic carbocycles. The lowest BCUT2D eigenvalue weighted by molar-refractivity contribution is 0.0994. The third-order valence-corrected chi connectivity index (χ3v) is 5.16. The zero-order valence-corrected chi connectivity index (χ0v) is 15.3. The number of nitrogens with zero attached hydrogens (tertiary/aromatic N) is 1. The maximum Gasteiger partial charge on any atom is 0.291 e. The summed E-state index contributed by atoms with van der Waals surface area (Å²) in [6, 6.07) is 3.18. The minimum atomic E-state index is -0.422. The van der Waals surface area contributed by atoms with Gasteiger partial charge in [-0.25, -0.2) is 0 Å². The van der Waals surface area contributed by atoms with Crippen LogP contribution in [0.15, 0.2) is 22.7 Å². The summed E-state index contributed by atoms with van der Waals surface area (Å²) in [5.41, 5.74) is 4.34. The predicted molar refractivity (Wildman–Crippen MR) is 99.0 cm³/mol. The molecule has 8 heteroatoms. The highest BCUT2D eigenvalue weighted by molar-refractivity contribution is 6.09. The second kappa shape index (κ2) is 5.98. The van der Waals surface area contributed by atoms with Gasteiger partial charge in [0.05, 0.1) is 17.6 Å². The van der Waals surface area contributed by atoms with Crippen LogP contribution >= 0.6 is 0 Å². The first-order valence-corrected chi connectivity index (χ1v) is 8.93. The maximum atomic E-state index is 13.0. The number of aryl methyl sites for hydroxylation is 2. The molecular weight excluding hydrogens is 362 g/mol. The van der Waals surface area contributed by atoms with Crippen molar-refractivity contribution in [3.8, 4) is 22.8 Å². The predicted octanol–water partition coefficient (Wildman–Crippen LogP) is 3.26. The van der Waals surface area contributed by atoms with Crippen LogP contribution in [0.4, 0.5) is 5.69 Å². The normalized spacial score (nSPS) is 13.8. The summed E-state index contributed by atoms with van der Waals surface area (Å²) < 4.78 is 16.6. The van der Waals surface area contributed by atoms with Gasteiger partial charge in [0.25, 0.3) is 5.91 Å². The lowest BCUT2D eigenvalue weighted by Gasteiger charge is -2.10. The number of nitrogens with one attached hydrogen (secondary N) is 2. The fourth-order valence-corrected chi connectivity index (χ4v) is 3.77. The number of Topliss-reactive ketones (excluding diaryl/α,β-unsaturated/α-hetero) is 1. The number of aromatic nitrogens is 2. The van der Waals surface area contributed by atoms with Gasteiger partial charge in [-0.1, -0.05) is 0 Å². The molecule has 2 N–H and O–H groups in total. The van der Waals surface area contributed by atoms with Crippen molar-refractivity contribution in [3.63, 3.8) is 0 Å². The van der Waals surface area contributed by atoms with Gasteiger partial charge in [0, 0.05) is 29.2 Å². The third kappa shape index (κ3) is 2.41. The van der Waals surface area contributed by atoms with Crippen LogP contribution < -0.4 is 14.8 Å². The Morgan fingerprint density at radius 1 is 1.18 bits per heavy atom. The van der Waals surface area contributed by atoms with Crippen LogP contribution in [0.25, 0.3) is 11.3 Å². The van der Waals surface area contributed by atoms with Gasteiger partial charge in [-0.3, -0.25) is 14.7 Å². The summed E-state index contributed by atoms with van der Waals surface area (Å²) in [6.45, 7) is 3.36. The summed E-state index contributed by atoms with van der Waals surface area (Å²) in [5.74, 6) is 1.34. The SMILES string of the molecule is CC(=O)c1cc2c(cc1NC(=O)c1oc3c(c1C)-c1[nH]ncc1CC3)OCO2. The lowest BCUT2D eigenvalue weighted by Crippen LogP contribution is -2.14. The molecule has 0 unspecified atom stereocenters. The van der Waals surface area contributed by atoms with E-state index in [1.165, 1.54) is 6.92 Å². The highest BCUT2D eigenvalue weighted by Crippen LogP contribution is 2.39. The number of hydrogen-bond acceptors (Lipinski definition) is 6. The van der Waals surface area contributed by atoms with E-state index in [1.54, 1.807) is 18.3 Å². The van der Waals surface area contributed by atoms with E-state index < -0.39 is 5.91 Å². The molecule has 142 valence electrons. The number of ketones is 1. The Bertz CT molecular complexity index is 1140. The fraction of sp³-hybridized carbons (Fsp3) is 0.250. The van der Waals surface area contributed by atoms with Crippen LogP contribution in [0.5, 0.6) is 11.5 Å². The Morgan fingerprint density at radius 3 is 2.75 bits per heavy atom. The van der Waals surface area contributed by atoms with E-state index in [2.05, 4.69) is 15.5 Å². The van der Waals surface area contributed by atoms with Gasteiger partial charge in [0.15, 0.2) is 23.0 Å². The lowest BCUT2D eigenvalue weighted by atomic mass is 9.93. The van der Waals surface area contributed by atoms with Crippen LogP contribution in [-0.4, -0.2) is 28.7 Å². The largest absolute Gasteiger partial charge is 0.455 e. The van der Waals surface area contributed by atoms with Crippen molar-refractivity contribution < 1.29 is 23.5 Å². The number of H-pyrrole nitrogens is 1. The van der Waals surface area contributed by atoms with Crippen molar-refractivity contribution >= 4 is 17.4 Å². The Balaban J connectivity index is 1.52. The van der Waals surface area contributed by atoms with Crippen LogP contribution in [-0.2, 0) is 12.8 Å². The Labute approximate surface area is 159 Å². The summed E-state index contributed by atoms with van der Waals surface area (Å²) in [7, 11) is 0. The number of ether oxygens (including phenoxy) is 2. The molecule has 0 spiro atoms. The zero-order valence-electron chi connectivity index (χ0n) is 15.3. The van der Waals surface area contributed by atoms with E-state index in [0.717, 1.165) is 34.6 Å². The van der Waals surface area contributed by atoms with Crippen molar-refractivity contribution in [3.05, 3.63) is 46.5 Å². The van der Waals surface area contributed by atoms with Crippen LogP contribution in [0, 0.1) is 6.92 Å².